The highest BCUT2D eigenvalue weighted by molar-refractivity contribution is 8.00. The molecule has 0 N–H and O–H groups in total. The highest BCUT2D eigenvalue weighted by Crippen LogP contribution is 2.59. The van der Waals surface area contributed by atoms with Gasteiger partial charge in [-0.25, -0.2) is 0 Å². The zero-order valence-electron chi connectivity index (χ0n) is 9.91. The molecule has 84 valence electrons. The first-order chi connectivity index (χ1) is 7.61. The summed E-state index contributed by atoms with van der Waals surface area (Å²) < 4.78 is 5.90. The number of fused-ring (bicyclic) bond motifs is 2. The Bertz CT molecular complexity index is 453. The lowest BCUT2D eigenvalue weighted by atomic mass is 9.94. The average Bonchev–Trinajstić information content (AvgIpc) is 2.87. The van der Waals surface area contributed by atoms with Crippen LogP contribution in [0.3, 0.4) is 0 Å². The number of rotatable bonds is 3. The van der Waals surface area contributed by atoms with Crippen molar-refractivity contribution >= 4 is 11.8 Å². The molecular formula is C14H16OS. The number of hydrogen-bond acceptors (Lipinski definition) is 2. The van der Waals surface area contributed by atoms with Gasteiger partial charge < -0.3 is 4.74 Å². The summed E-state index contributed by atoms with van der Waals surface area (Å²) in [6.07, 6.45) is 3.69. The third kappa shape index (κ3) is 1.44. The van der Waals surface area contributed by atoms with Crippen LogP contribution < -0.4 is 0 Å². The monoisotopic (exact) mass is 232 g/mol. The fraction of sp³-hybridized carbons (Fsp3) is 0.429. The molecule has 3 rings (SSSR count). The molecule has 2 aliphatic heterocycles. The topological polar surface area (TPSA) is 12.5 Å². The standard InChI is InChI=1S/C14H16OS/c1-9(2)7-8-12-14(3,15-12)13-10-5-4-6-11(13)16-10/h4-7,12H,8H2,1-3H3. The van der Waals surface area contributed by atoms with Gasteiger partial charge in [0, 0.05) is 15.4 Å². The Morgan fingerprint density at radius 2 is 2.12 bits per heavy atom. The third-order valence-corrected chi connectivity index (χ3v) is 4.51. The smallest absolute Gasteiger partial charge is 0.119 e. The van der Waals surface area contributed by atoms with Crippen molar-refractivity contribution in [3.63, 3.8) is 0 Å². The molecule has 0 aliphatic carbocycles. The van der Waals surface area contributed by atoms with Gasteiger partial charge in [0.2, 0.25) is 0 Å². The van der Waals surface area contributed by atoms with Gasteiger partial charge in [0.15, 0.2) is 0 Å². The Labute approximate surface area is 101 Å². The molecule has 0 radical (unpaired) electrons. The van der Waals surface area contributed by atoms with Crippen molar-refractivity contribution < 1.29 is 4.74 Å². The lowest BCUT2D eigenvalue weighted by Gasteiger charge is -2.25. The second-order valence-corrected chi connectivity index (χ2v) is 6.05. The van der Waals surface area contributed by atoms with Gasteiger partial charge in [0.1, 0.15) is 5.60 Å². The SMILES string of the molecule is CC(C)=CCC1OC1(C)c1c2cccc1S2. The van der Waals surface area contributed by atoms with E-state index in [1.165, 1.54) is 20.9 Å². The van der Waals surface area contributed by atoms with E-state index < -0.39 is 0 Å². The quantitative estimate of drug-likeness (QED) is 0.583. The minimum atomic E-state index is -0.0108. The molecule has 2 heterocycles. The summed E-state index contributed by atoms with van der Waals surface area (Å²) in [6.45, 7) is 6.50. The minimum absolute atomic E-state index is 0.0108. The molecular weight excluding hydrogens is 216 g/mol. The van der Waals surface area contributed by atoms with Crippen molar-refractivity contribution in [1.29, 1.82) is 0 Å². The number of hydrogen-bond donors (Lipinski definition) is 0. The van der Waals surface area contributed by atoms with Gasteiger partial charge in [0.25, 0.3) is 0 Å². The van der Waals surface area contributed by atoms with Gasteiger partial charge in [-0.3, -0.25) is 0 Å². The summed E-state index contributed by atoms with van der Waals surface area (Å²) >= 11 is 1.88. The molecule has 0 aromatic heterocycles. The van der Waals surface area contributed by atoms with E-state index in [0.717, 1.165) is 6.42 Å². The Balaban J connectivity index is 1.79. The first-order valence-electron chi connectivity index (χ1n) is 5.74. The molecule has 2 aliphatic rings. The molecule has 1 aromatic carbocycles. The van der Waals surface area contributed by atoms with Crippen molar-refractivity contribution in [1.82, 2.24) is 0 Å². The van der Waals surface area contributed by atoms with E-state index in [2.05, 4.69) is 45.0 Å². The number of allylic oxidation sites excluding steroid dienone is 1. The zero-order chi connectivity index (χ0) is 11.3. The molecule has 1 fully saturated rings. The number of epoxide rings is 1. The van der Waals surface area contributed by atoms with E-state index in [1.54, 1.807) is 0 Å². The largest absolute Gasteiger partial charge is 0.361 e. The van der Waals surface area contributed by atoms with Crippen LogP contribution in [0.2, 0.25) is 0 Å². The number of ether oxygens (including phenoxy) is 1. The van der Waals surface area contributed by atoms with Gasteiger partial charge in [-0.2, -0.15) is 0 Å². The van der Waals surface area contributed by atoms with Crippen molar-refractivity contribution in [2.45, 2.75) is 48.7 Å². The highest BCUT2D eigenvalue weighted by Gasteiger charge is 2.56. The van der Waals surface area contributed by atoms with E-state index in [0.29, 0.717) is 6.10 Å². The summed E-state index contributed by atoms with van der Waals surface area (Å²) in [5, 5.41) is 0. The van der Waals surface area contributed by atoms with Crippen LogP contribution in [0.15, 0.2) is 39.6 Å². The molecule has 0 saturated carbocycles. The van der Waals surface area contributed by atoms with E-state index in [4.69, 9.17) is 4.74 Å². The molecule has 2 atom stereocenters. The zero-order valence-corrected chi connectivity index (χ0v) is 10.7. The molecule has 0 spiro atoms. The molecule has 1 saturated heterocycles. The second-order valence-electron chi connectivity index (χ2n) is 4.96. The van der Waals surface area contributed by atoms with Crippen LogP contribution >= 0.6 is 11.8 Å². The van der Waals surface area contributed by atoms with Crippen molar-refractivity contribution in [2.75, 3.05) is 0 Å². The van der Waals surface area contributed by atoms with Gasteiger partial charge in [-0.05, 0) is 39.3 Å². The van der Waals surface area contributed by atoms with Gasteiger partial charge >= 0.3 is 0 Å². The minimum Gasteiger partial charge on any atom is -0.361 e. The van der Waals surface area contributed by atoms with Gasteiger partial charge in [-0.1, -0.05) is 29.5 Å². The van der Waals surface area contributed by atoms with Crippen LogP contribution in [-0.2, 0) is 10.3 Å². The summed E-state index contributed by atoms with van der Waals surface area (Å²) in [6, 6.07) is 6.51. The van der Waals surface area contributed by atoms with Crippen molar-refractivity contribution in [2.24, 2.45) is 0 Å². The molecule has 1 nitrogen and oxygen atoms in total. The normalized spacial score (nSPS) is 29.6. The molecule has 2 heteroatoms. The van der Waals surface area contributed by atoms with Gasteiger partial charge in [-0.15, -0.1) is 0 Å². The van der Waals surface area contributed by atoms with E-state index in [9.17, 15) is 0 Å². The van der Waals surface area contributed by atoms with Crippen LogP contribution in [0.25, 0.3) is 0 Å². The average molecular weight is 232 g/mol. The van der Waals surface area contributed by atoms with Crippen LogP contribution in [0, 0.1) is 0 Å². The maximum atomic E-state index is 5.90. The predicted octanol–water partition coefficient (Wildman–Crippen LogP) is 4.12. The summed E-state index contributed by atoms with van der Waals surface area (Å²) in [5.41, 5.74) is 2.80. The molecule has 0 amide bonds. The summed E-state index contributed by atoms with van der Waals surface area (Å²) in [5.74, 6) is 0. The predicted molar refractivity (Wildman–Crippen MR) is 66.8 cm³/mol. The van der Waals surface area contributed by atoms with Crippen molar-refractivity contribution in [3.8, 4) is 0 Å². The summed E-state index contributed by atoms with van der Waals surface area (Å²) in [7, 11) is 0. The van der Waals surface area contributed by atoms with Crippen LogP contribution in [0.5, 0.6) is 0 Å². The maximum absolute atomic E-state index is 5.90. The maximum Gasteiger partial charge on any atom is 0.119 e. The van der Waals surface area contributed by atoms with E-state index in [-0.39, 0.29) is 5.60 Å². The Morgan fingerprint density at radius 1 is 1.44 bits per heavy atom. The van der Waals surface area contributed by atoms with Gasteiger partial charge in [0.05, 0.1) is 6.10 Å². The fourth-order valence-electron chi connectivity index (χ4n) is 2.34. The Morgan fingerprint density at radius 3 is 2.69 bits per heavy atom. The summed E-state index contributed by atoms with van der Waals surface area (Å²) in [4.78, 5) is 2.81. The van der Waals surface area contributed by atoms with Crippen LogP contribution in [0.1, 0.15) is 32.8 Å². The second kappa shape index (κ2) is 3.38. The lowest BCUT2D eigenvalue weighted by Crippen LogP contribution is -2.14. The Kier molecular flexibility index (Phi) is 2.20. The fourth-order valence-corrected chi connectivity index (χ4v) is 3.55. The van der Waals surface area contributed by atoms with Crippen LogP contribution in [-0.4, -0.2) is 6.10 Å². The first-order valence-corrected chi connectivity index (χ1v) is 6.55. The van der Waals surface area contributed by atoms with Crippen LogP contribution in [0.4, 0.5) is 0 Å². The third-order valence-electron chi connectivity index (χ3n) is 3.39. The first kappa shape index (κ1) is 10.4. The van der Waals surface area contributed by atoms with E-state index >= 15 is 0 Å². The van der Waals surface area contributed by atoms with E-state index in [1.807, 2.05) is 11.8 Å². The molecule has 16 heavy (non-hydrogen) atoms. The Hall–Kier alpha value is -0.730. The lowest BCUT2D eigenvalue weighted by molar-refractivity contribution is 0.306. The number of benzene rings is 1. The molecule has 2 bridgehead atoms. The molecule has 1 aromatic rings. The highest BCUT2D eigenvalue weighted by atomic mass is 32.2. The molecule has 2 unspecified atom stereocenters. The van der Waals surface area contributed by atoms with Crippen molar-refractivity contribution in [3.05, 3.63) is 35.4 Å².